The summed E-state index contributed by atoms with van der Waals surface area (Å²) in [5, 5.41) is 11.8. The summed E-state index contributed by atoms with van der Waals surface area (Å²) in [5.74, 6) is -0.111. The summed E-state index contributed by atoms with van der Waals surface area (Å²) >= 11 is 6.98. The van der Waals surface area contributed by atoms with Gasteiger partial charge in [-0.1, -0.05) is 12.1 Å². The number of nitrogens with zero attached hydrogens (tertiary/aromatic N) is 4. The Morgan fingerprint density at radius 3 is 2.56 bits per heavy atom. The van der Waals surface area contributed by atoms with Crippen LogP contribution in [0.4, 0.5) is 5.69 Å². The van der Waals surface area contributed by atoms with E-state index in [1.165, 1.54) is 0 Å². The van der Waals surface area contributed by atoms with Gasteiger partial charge in [0.2, 0.25) is 5.91 Å². The Hall–Kier alpha value is -1.93. The molecule has 0 saturated heterocycles. The van der Waals surface area contributed by atoms with E-state index in [0.717, 1.165) is 37.3 Å². The molecule has 1 amide bonds. The van der Waals surface area contributed by atoms with Crippen molar-refractivity contribution in [2.24, 2.45) is 0 Å². The van der Waals surface area contributed by atoms with Gasteiger partial charge in [0.05, 0.1) is 38.8 Å². The minimum Gasteiger partial charge on any atom is -0.324 e. The zero-order chi connectivity index (χ0) is 19.7. The van der Waals surface area contributed by atoms with Crippen molar-refractivity contribution in [1.29, 1.82) is 0 Å². The number of amides is 1. The van der Waals surface area contributed by atoms with Crippen LogP contribution in [0.15, 0.2) is 39.4 Å². The molecule has 0 spiro atoms. The molecule has 2 aromatic heterocycles. The molecule has 8 heteroatoms. The SMILES string of the molecule is Cc1nn(Cc2cccc(NC(=O)C(C)n3ncc(Br)c3C)c2)c(C)c1Br. The van der Waals surface area contributed by atoms with Crippen molar-refractivity contribution >= 4 is 43.5 Å². The first-order chi connectivity index (χ1) is 12.8. The number of rotatable bonds is 5. The Labute approximate surface area is 175 Å². The van der Waals surface area contributed by atoms with Crippen LogP contribution >= 0.6 is 31.9 Å². The Balaban J connectivity index is 1.74. The summed E-state index contributed by atoms with van der Waals surface area (Å²) in [5.41, 5.74) is 4.79. The molecule has 0 fully saturated rings. The second kappa shape index (κ2) is 7.98. The molecule has 1 N–H and O–H groups in total. The number of benzene rings is 1. The van der Waals surface area contributed by atoms with E-state index in [2.05, 4.69) is 47.4 Å². The van der Waals surface area contributed by atoms with Crippen molar-refractivity contribution in [3.05, 3.63) is 62.1 Å². The van der Waals surface area contributed by atoms with Gasteiger partial charge in [-0.15, -0.1) is 0 Å². The standard InChI is InChI=1S/C19H21Br2N5O/c1-11-18(21)13(3)25(24-11)10-15-6-5-7-16(8-15)23-19(27)14(4)26-12(2)17(20)9-22-26/h5-9,14H,10H2,1-4H3,(H,23,27). The number of nitrogens with one attached hydrogen (secondary N) is 1. The summed E-state index contributed by atoms with van der Waals surface area (Å²) in [6.07, 6.45) is 1.70. The van der Waals surface area contributed by atoms with E-state index >= 15 is 0 Å². The highest BCUT2D eigenvalue weighted by atomic mass is 79.9. The van der Waals surface area contributed by atoms with E-state index in [1.54, 1.807) is 10.9 Å². The molecule has 6 nitrogen and oxygen atoms in total. The summed E-state index contributed by atoms with van der Waals surface area (Å²) < 4.78 is 5.58. The quantitative estimate of drug-likeness (QED) is 0.555. The van der Waals surface area contributed by atoms with Crippen molar-refractivity contribution in [3.8, 4) is 0 Å². The van der Waals surface area contributed by atoms with Crippen LogP contribution in [0.25, 0.3) is 0 Å². The molecule has 0 aliphatic heterocycles. The van der Waals surface area contributed by atoms with Crippen LogP contribution in [0.2, 0.25) is 0 Å². The number of aryl methyl sites for hydroxylation is 1. The minimum atomic E-state index is -0.410. The molecule has 0 aliphatic rings. The molecular weight excluding hydrogens is 474 g/mol. The number of hydrogen-bond acceptors (Lipinski definition) is 3. The zero-order valence-corrected chi connectivity index (χ0v) is 18.8. The predicted molar refractivity (Wildman–Crippen MR) is 113 cm³/mol. The van der Waals surface area contributed by atoms with Gasteiger partial charge in [0.15, 0.2) is 0 Å². The summed E-state index contributed by atoms with van der Waals surface area (Å²) in [6, 6.07) is 7.41. The van der Waals surface area contributed by atoms with Crippen molar-refractivity contribution < 1.29 is 4.79 Å². The first kappa shape index (κ1) is 19.8. The normalized spacial score (nSPS) is 12.2. The van der Waals surface area contributed by atoms with Crippen molar-refractivity contribution in [3.63, 3.8) is 0 Å². The molecule has 1 unspecified atom stereocenters. The number of carbonyl (C=O) groups excluding carboxylic acids is 1. The molecule has 0 radical (unpaired) electrons. The average molecular weight is 495 g/mol. The first-order valence-corrected chi connectivity index (χ1v) is 10.2. The number of aromatic nitrogens is 4. The zero-order valence-electron chi connectivity index (χ0n) is 15.6. The molecule has 1 aromatic carbocycles. The van der Waals surface area contributed by atoms with Crippen molar-refractivity contribution in [2.75, 3.05) is 5.32 Å². The number of hydrogen-bond donors (Lipinski definition) is 1. The van der Waals surface area contributed by atoms with E-state index in [0.29, 0.717) is 6.54 Å². The number of halogens is 2. The molecule has 0 aliphatic carbocycles. The van der Waals surface area contributed by atoms with Crippen LogP contribution in [0.3, 0.4) is 0 Å². The maximum Gasteiger partial charge on any atom is 0.248 e. The smallest absolute Gasteiger partial charge is 0.248 e. The maximum absolute atomic E-state index is 12.6. The second-order valence-electron chi connectivity index (χ2n) is 6.53. The van der Waals surface area contributed by atoms with Gasteiger partial charge in [0.1, 0.15) is 6.04 Å². The van der Waals surface area contributed by atoms with Crippen molar-refractivity contribution in [1.82, 2.24) is 19.6 Å². The summed E-state index contributed by atoms with van der Waals surface area (Å²) in [4.78, 5) is 12.6. The Morgan fingerprint density at radius 2 is 1.96 bits per heavy atom. The topological polar surface area (TPSA) is 64.7 Å². The lowest BCUT2D eigenvalue weighted by molar-refractivity contribution is -0.119. The highest BCUT2D eigenvalue weighted by Gasteiger charge is 2.19. The van der Waals surface area contributed by atoms with Crippen LogP contribution in [-0.4, -0.2) is 25.5 Å². The van der Waals surface area contributed by atoms with Crippen LogP contribution in [0.5, 0.6) is 0 Å². The largest absolute Gasteiger partial charge is 0.324 e. The van der Waals surface area contributed by atoms with Crippen LogP contribution in [0, 0.1) is 20.8 Å². The van der Waals surface area contributed by atoms with Gasteiger partial charge < -0.3 is 5.32 Å². The van der Waals surface area contributed by atoms with Gasteiger partial charge in [0, 0.05) is 5.69 Å². The molecule has 2 heterocycles. The van der Waals surface area contributed by atoms with Crippen LogP contribution in [-0.2, 0) is 11.3 Å². The highest BCUT2D eigenvalue weighted by Crippen LogP contribution is 2.22. The lowest BCUT2D eigenvalue weighted by Gasteiger charge is -2.15. The van der Waals surface area contributed by atoms with Gasteiger partial charge in [-0.05, 0) is 77.3 Å². The molecule has 3 rings (SSSR count). The maximum atomic E-state index is 12.6. The lowest BCUT2D eigenvalue weighted by Crippen LogP contribution is -2.25. The fourth-order valence-corrected chi connectivity index (χ4v) is 3.46. The number of carbonyl (C=O) groups is 1. The average Bonchev–Trinajstić information content (AvgIpc) is 3.09. The molecule has 142 valence electrons. The third-order valence-corrected chi connectivity index (χ3v) is 6.48. The second-order valence-corrected chi connectivity index (χ2v) is 8.18. The van der Waals surface area contributed by atoms with E-state index in [4.69, 9.17) is 0 Å². The molecule has 0 saturated carbocycles. The van der Waals surface area contributed by atoms with Gasteiger partial charge >= 0.3 is 0 Å². The Bertz CT molecular complexity index is 992. The highest BCUT2D eigenvalue weighted by molar-refractivity contribution is 9.10. The van der Waals surface area contributed by atoms with Crippen LogP contribution < -0.4 is 5.32 Å². The fourth-order valence-electron chi connectivity index (χ4n) is 2.90. The van der Waals surface area contributed by atoms with Gasteiger partial charge in [-0.2, -0.15) is 10.2 Å². The molecular formula is C19H21Br2N5O. The van der Waals surface area contributed by atoms with E-state index < -0.39 is 6.04 Å². The fraction of sp³-hybridized carbons (Fsp3) is 0.316. The van der Waals surface area contributed by atoms with Crippen molar-refractivity contribution in [2.45, 2.75) is 40.3 Å². The Morgan fingerprint density at radius 1 is 1.22 bits per heavy atom. The van der Waals surface area contributed by atoms with Gasteiger partial charge in [0.25, 0.3) is 0 Å². The van der Waals surface area contributed by atoms with E-state index in [-0.39, 0.29) is 5.91 Å². The first-order valence-electron chi connectivity index (χ1n) is 8.57. The molecule has 27 heavy (non-hydrogen) atoms. The Kier molecular flexibility index (Phi) is 5.86. The van der Waals surface area contributed by atoms with Gasteiger partial charge in [-0.3, -0.25) is 14.2 Å². The van der Waals surface area contributed by atoms with Crippen LogP contribution in [0.1, 0.15) is 35.6 Å². The lowest BCUT2D eigenvalue weighted by atomic mass is 10.2. The monoisotopic (exact) mass is 493 g/mol. The van der Waals surface area contributed by atoms with E-state index in [9.17, 15) is 4.79 Å². The molecule has 3 aromatic rings. The minimum absolute atomic E-state index is 0.111. The summed E-state index contributed by atoms with van der Waals surface area (Å²) in [6.45, 7) is 8.40. The third-order valence-electron chi connectivity index (χ3n) is 4.55. The third kappa shape index (κ3) is 4.16. The summed E-state index contributed by atoms with van der Waals surface area (Å²) in [7, 11) is 0. The predicted octanol–water partition coefficient (Wildman–Crippen LogP) is 4.78. The molecule has 1 atom stereocenters. The van der Waals surface area contributed by atoms with Gasteiger partial charge in [-0.25, -0.2) is 0 Å². The van der Waals surface area contributed by atoms with E-state index in [1.807, 2.05) is 56.6 Å². The molecule has 0 bridgehead atoms. The number of anilines is 1.